The topological polar surface area (TPSA) is 68.3 Å². The Bertz CT molecular complexity index is 813. The van der Waals surface area contributed by atoms with E-state index >= 15 is 0 Å². The van der Waals surface area contributed by atoms with Gasteiger partial charge >= 0.3 is 0 Å². The molecule has 1 amide bonds. The predicted molar refractivity (Wildman–Crippen MR) is 91.0 cm³/mol. The number of fused-ring (bicyclic) bond motifs is 1. The second kappa shape index (κ2) is 6.35. The standard InChI is InChI=1S/C16H20N6OS/c1-2-20-11-17-19-15(20)12-3-5-21(6-4-12)14(23)9-13-10-22-7-8-24-16(22)18-13/h7-8,10-12H,2-6,9H2,1H3. The molecule has 1 aliphatic heterocycles. The largest absolute Gasteiger partial charge is 0.342 e. The second-order valence-corrected chi connectivity index (χ2v) is 7.01. The van der Waals surface area contributed by atoms with Gasteiger partial charge < -0.3 is 9.47 Å². The van der Waals surface area contributed by atoms with Crippen LogP contribution in [-0.4, -0.2) is 48.0 Å². The quantitative estimate of drug-likeness (QED) is 0.725. The van der Waals surface area contributed by atoms with Gasteiger partial charge in [0.2, 0.25) is 5.91 Å². The van der Waals surface area contributed by atoms with Crippen LogP contribution in [-0.2, 0) is 17.8 Å². The lowest BCUT2D eigenvalue weighted by atomic mass is 9.95. The molecule has 0 N–H and O–H groups in total. The number of hydrogen-bond donors (Lipinski definition) is 0. The third-order valence-electron chi connectivity index (χ3n) is 4.67. The van der Waals surface area contributed by atoms with Crippen molar-refractivity contribution in [1.82, 2.24) is 29.0 Å². The summed E-state index contributed by atoms with van der Waals surface area (Å²) >= 11 is 1.58. The molecule has 7 nitrogen and oxygen atoms in total. The highest BCUT2D eigenvalue weighted by molar-refractivity contribution is 7.15. The number of aromatic nitrogens is 5. The van der Waals surface area contributed by atoms with Crippen molar-refractivity contribution < 1.29 is 4.79 Å². The number of rotatable bonds is 4. The zero-order chi connectivity index (χ0) is 16.5. The highest BCUT2D eigenvalue weighted by Crippen LogP contribution is 2.26. The van der Waals surface area contributed by atoms with E-state index in [0.717, 1.165) is 49.0 Å². The summed E-state index contributed by atoms with van der Waals surface area (Å²) in [5.41, 5.74) is 0.847. The van der Waals surface area contributed by atoms with E-state index in [9.17, 15) is 4.79 Å². The van der Waals surface area contributed by atoms with E-state index in [2.05, 4.69) is 26.7 Å². The lowest BCUT2D eigenvalue weighted by Gasteiger charge is -2.31. The van der Waals surface area contributed by atoms with Gasteiger partial charge in [-0.05, 0) is 19.8 Å². The van der Waals surface area contributed by atoms with Crippen LogP contribution in [0.1, 0.15) is 37.2 Å². The Balaban J connectivity index is 1.36. The molecule has 3 aromatic rings. The number of carbonyl (C=O) groups excluding carboxylic acids is 1. The molecule has 3 aromatic heterocycles. The van der Waals surface area contributed by atoms with Crippen molar-refractivity contribution in [2.45, 2.75) is 38.6 Å². The molecule has 0 unspecified atom stereocenters. The van der Waals surface area contributed by atoms with Crippen molar-refractivity contribution in [1.29, 1.82) is 0 Å². The third-order valence-corrected chi connectivity index (χ3v) is 5.45. The lowest BCUT2D eigenvalue weighted by molar-refractivity contribution is -0.131. The number of thiazole rings is 1. The summed E-state index contributed by atoms with van der Waals surface area (Å²) in [6.45, 7) is 4.55. The SMILES string of the molecule is CCn1cnnc1C1CCN(C(=O)Cc2cn3ccsc3n2)CC1. The van der Waals surface area contributed by atoms with Crippen molar-refractivity contribution >= 4 is 22.2 Å². The molecular weight excluding hydrogens is 324 g/mol. The molecule has 1 fully saturated rings. The van der Waals surface area contributed by atoms with E-state index < -0.39 is 0 Å². The summed E-state index contributed by atoms with van der Waals surface area (Å²) in [6, 6.07) is 0. The maximum Gasteiger partial charge on any atom is 0.228 e. The maximum atomic E-state index is 12.5. The number of amides is 1. The maximum absolute atomic E-state index is 12.5. The van der Waals surface area contributed by atoms with Crippen LogP contribution in [0.15, 0.2) is 24.1 Å². The van der Waals surface area contributed by atoms with Crippen molar-refractivity contribution in [2.24, 2.45) is 0 Å². The minimum atomic E-state index is 0.163. The first-order chi connectivity index (χ1) is 11.7. The number of nitrogens with zero attached hydrogens (tertiary/aromatic N) is 6. The van der Waals surface area contributed by atoms with Crippen LogP contribution in [0.25, 0.3) is 4.96 Å². The molecule has 0 spiro atoms. The Morgan fingerprint density at radius 2 is 2.21 bits per heavy atom. The van der Waals surface area contributed by atoms with E-state index in [1.807, 2.05) is 27.1 Å². The number of likely N-dealkylation sites (tertiary alicyclic amines) is 1. The Morgan fingerprint density at radius 1 is 1.38 bits per heavy atom. The van der Waals surface area contributed by atoms with Crippen molar-refractivity contribution in [3.8, 4) is 0 Å². The molecule has 1 saturated heterocycles. The second-order valence-electron chi connectivity index (χ2n) is 6.13. The number of hydrogen-bond acceptors (Lipinski definition) is 5. The van der Waals surface area contributed by atoms with Gasteiger partial charge in [-0.25, -0.2) is 4.98 Å². The third kappa shape index (κ3) is 2.82. The molecule has 4 heterocycles. The van der Waals surface area contributed by atoms with E-state index in [1.165, 1.54) is 0 Å². The highest BCUT2D eigenvalue weighted by Gasteiger charge is 2.27. The van der Waals surface area contributed by atoms with Gasteiger partial charge in [-0.3, -0.25) is 9.20 Å². The molecule has 4 rings (SSSR count). The Kier molecular flexibility index (Phi) is 4.05. The molecule has 126 valence electrons. The zero-order valence-corrected chi connectivity index (χ0v) is 14.4. The van der Waals surface area contributed by atoms with E-state index in [-0.39, 0.29) is 5.91 Å². The fourth-order valence-electron chi connectivity index (χ4n) is 3.34. The van der Waals surface area contributed by atoms with Gasteiger partial charge in [0.25, 0.3) is 0 Å². The van der Waals surface area contributed by atoms with E-state index in [4.69, 9.17) is 0 Å². The minimum absolute atomic E-state index is 0.163. The van der Waals surface area contributed by atoms with Gasteiger partial charge in [-0.1, -0.05) is 0 Å². The Morgan fingerprint density at radius 3 is 2.96 bits per heavy atom. The van der Waals surface area contributed by atoms with Crippen molar-refractivity contribution in [2.75, 3.05) is 13.1 Å². The summed E-state index contributed by atoms with van der Waals surface area (Å²) in [6.07, 6.45) is 7.98. The number of piperidine rings is 1. The Labute approximate surface area is 143 Å². The van der Waals surface area contributed by atoms with Crippen LogP contribution in [0.3, 0.4) is 0 Å². The van der Waals surface area contributed by atoms with E-state index in [1.54, 1.807) is 17.7 Å². The zero-order valence-electron chi connectivity index (χ0n) is 13.6. The predicted octanol–water partition coefficient (Wildman–Crippen LogP) is 1.96. The number of carbonyl (C=O) groups is 1. The molecule has 0 aliphatic carbocycles. The van der Waals surface area contributed by atoms with E-state index in [0.29, 0.717) is 12.3 Å². The molecule has 8 heteroatoms. The normalized spacial score (nSPS) is 16.1. The van der Waals surface area contributed by atoms with Gasteiger partial charge in [0.1, 0.15) is 12.2 Å². The van der Waals surface area contributed by atoms with Gasteiger partial charge in [0.15, 0.2) is 4.96 Å². The number of aryl methyl sites for hydroxylation is 1. The first-order valence-electron chi connectivity index (χ1n) is 8.31. The van der Waals surface area contributed by atoms with Crippen LogP contribution >= 0.6 is 11.3 Å². The minimum Gasteiger partial charge on any atom is -0.342 e. The fraction of sp³-hybridized carbons (Fsp3) is 0.500. The van der Waals surface area contributed by atoms with Gasteiger partial charge in [0.05, 0.1) is 12.1 Å². The smallest absolute Gasteiger partial charge is 0.228 e. The van der Waals surface area contributed by atoms with Crippen LogP contribution < -0.4 is 0 Å². The molecular formula is C16H20N6OS. The summed E-state index contributed by atoms with van der Waals surface area (Å²) in [5, 5.41) is 10.3. The van der Waals surface area contributed by atoms with Gasteiger partial charge in [-0.15, -0.1) is 21.5 Å². The molecule has 24 heavy (non-hydrogen) atoms. The Hall–Kier alpha value is -2.22. The first kappa shape index (κ1) is 15.3. The van der Waals surface area contributed by atoms with Crippen LogP contribution in [0.5, 0.6) is 0 Å². The molecule has 1 aliphatic rings. The summed E-state index contributed by atoms with van der Waals surface area (Å²) in [5.74, 6) is 1.62. The summed E-state index contributed by atoms with van der Waals surface area (Å²) in [4.78, 5) is 19.9. The monoisotopic (exact) mass is 344 g/mol. The molecule has 0 atom stereocenters. The molecule has 0 radical (unpaired) electrons. The summed E-state index contributed by atoms with van der Waals surface area (Å²) < 4.78 is 4.07. The van der Waals surface area contributed by atoms with Crippen molar-refractivity contribution in [3.63, 3.8) is 0 Å². The van der Waals surface area contributed by atoms with Gasteiger partial charge in [0, 0.05) is 43.3 Å². The summed E-state index contributed by atoms with van der Waals surface area (Å²) in [7, 11) is 0. The highest BCUT2D eigenvalue weighted by atomic mass is 32.1. The van der Waals surface area contributed by atoms with Crippen LogP contribution in [0, 0.1) is 0 Å². The number of imidazole rings is 1. The van der Waals surface area contributed by atoms with Crippen LogP contribution in [0.2, 0.25) is 0 Å². The average molecular weight is 344 g/mol. The van der Waals surface area contributed by atoms with Crippen LogP contribution in [0.4, 0.5) is 0 Å². The van der Waals surface area contributed by atoms with Gasteiger partial charge in [-0.2, -0.15) is 0 Å². The first-order valence-corrected chi connectivity index (χ1v) is 9.19. The fourth-order valence-corrected chi connectivity index (χ4v) is 4.06. The average Bonchev–Trinajstić information content (AvgIpc) is 3.30. The van der Waals surface area contributed by atoms with Crippen molar-refractivity contribution in [3.05, 3.63) is 35.6 Å². The lowest BCUT2D eigenvalue weighted by Crippen LogP contribution is -2.39. The molecule has 0 aromatic carbocycles. The molecule has 0 bridgehead atoms. The molecule has 0 saturated carbocycles.